The molecule has 0 aliphatic carbocycles. The summed E-state index contributed by atoms with van der Waals surface area (Å²) in [5, 5.41) is 0. The summed E-state index contributed by atoms with van der Waals surface area (Å²) in [6, 6.07) is 10.6. The maximum Gasteiger partial charge on any atom is 0.160 e. The molecular weight excluding hydrogens is 188 g/mol. The maximum atomic E-state index is 5.59. The number of hydrogen-bond acceptors (Lipinski definition) is 2. The van der Waals surface area contributed by atoms with E-state index in [-0.39, 0.29) is 6.29 Å². The summed E-state index contributed by atoms with van der Waals surface area (Å²) in [6.45, 7) is 0.837. The number of rotatable bonds is 3. The molecule has 1 aliphatic rings. The van der Waals surface area contributed by atoms with Crippen molar-refractivity contribution in [1.82, 2.24) is 0 Å². The van der Waals surface area contributed by atoms with Crippen LogP contribution in [-0.2, 0) is 15.9 Å². The van der Waals surface area contributed by atoms with E-state index in [0.717, 1.165) is 19.4 Å². The lowest BCUT2D eigenvalue weighted by molar-refractivity contribution is -0.177. The minimum atomic E-state index is -0.0149. The lowest BCUT2D eigenvalue weighted by atomic mass is 9.93. The highest BCUT2D eigenvalue weighted by molar-refractivity contribution is 5.15. The van der Waals surface area contributed by atoms with Gasteiger partial charge in [-0.05, 0) is 24.8 Å². The fourth-order valence-electron chi connectivity index (χ4n) is 2.19. The van der Waals surface area contributed by atoms with Gasteiger partial charge in [0.1, 0.15) is 0 Å². The van der Waals surface area contributed by atoms with Crippen LogP contribution >= 0.6 is 0 Å². The second-order valence-corrected chi connectivity index (χ2v) is 4.07. The van der Waals surface area contributed by atoms with Crippen LogP contribution in [0.15, 0.2) is 30.3 Å². The Hall–Kier alpha value is -0.860. The fraction of sp³-hybridized carbons (Fsp3) is 0.538. The van der Waals surface area contributed by atoms with Gasteiger partial charge in [-0.2, -0.15) is 0 Å². The zero-order chi connectivity index (χ0) is 10.5. The largest absolute Gasteiger partial charge is 0.356 e. The molecule has 0 aromatic heterocycles. The molecule has 0 radical (unpaired) electrons. The van der Waals surface area contributed by atoms with E-state index < -0.39 is 0 Å². The molecule has 1 aliphatic heterocycles. The Kier molecular flexibility index (Phi) is 3.75. The van der Waals surface area contributed by atoms with Crippen molar-refractivity contribution in [3.8, 4) is 0 Å². The van der Waals surface area contributed by atoms with Gasteiger partial charge in [-0.25, -0.2) is 0 Å². The normalized spacial score (nSPS) is 26.5. The van der Waals surface area contributed by atoms with Crippen LogP contribution in [0.5, 0.6) is 0 Å². The van der Waals surface area contributed by atoms with Gasteiger partial charge in [0.2, 0.25) is 0 Å². The third kappa shape index (κ3) is 2.80. The molecule has 82 valence electrons. The molecule has 1 fully saturated rings. The highest BCUT2D eigenvalue weighted by Gasteiger charge is 2.25. The number of ether oxygens (including phenoxy) is 2. The van der Waals surface area contributed by atoms with Gasteiger partial charge >= 0.3 is 0 Å². The van der Waals surface area contributed by atoms with Crippen LogP contribution in [0.4, 0.5) is 0 Å². The Labute approximate surface area is 91.2 Å². The Balaban J connectivity index is 1.97. The predicted molar refractivity (Wildman–Crippen MR) is 59.6 cm³/mol. The predicted octanol–water partition coefficient (Wildman–Crippen LogP) is 2.63. The number of methoxy groups -OCH3 is 1. The summed E-state index contributed by atoms with van der Waals surface area (Å²) < 4.78 is 10.9. The van der Waals surface area contributed by atoms with E-state index in [0.29, 0.717) is 5.92 Å². The number of benzene rings is 1. The molecule has 15 heavy (non-hydrogen) atoms. The van der Waals surface area contributed by atoms with Crippen molar-refractivity contribution in [2.24, 2.45) is 5.92 Å². The molecule has 1 aromatic rings. The molecule has 0 amide bonds. The monoisotopic (exact) mass is 206 g/mol. The van der Waals surface area contributed by atoms with Gasteiger partial charge in [-0.15, -0.1) is 0 Å². The topological polar surface area (TPSA) is 18.5 Å². The van der Waals surface area contributed by atoms with Crippen LogP contribution in [0.2, 0.25) is 0 Å². The van der Waals surface area contributed by atoms with E-state index in [1.54, 1.807) is 7.11 Å². The van der Waals surface area contributed by atoms with E-state index in [4.69, 9.17) is 9.47 Å². The summed E-state index contributed by atoms with van der Waals surface area (Å²) in [5.74, 6) is 0.506. The lowest BCUT2D eigenvalue weighted by Crippen LogP contribution is -2.32. The minimum absolute atomic E-state index is 0.0149. The first-order valence-corrected chi connectivity index (χ1v) is 5.58. The zero-order valence-electron chi connectivity index (χ0n) is 9.19. The van der Waals surface area contributed by atoms with Gasteiger partial charge in [0.05, 0.1) is 0 Å². The van der Waals surface area contributed by atoms with Crippen molar-refractivity contribution in [1.29, 1.82) is 0 Å². The summed E-state index contributed by atoms with van der Waals surface area (Å²) >= 11 is 0. The summed E-state index contributed by atoms with van der Waals surface area (Å²) in [4.78, 5) is 0. The lowest BCUT2D eigenvalue weighted by Gasteiger charge is -2.30. The quantitative estimate of drug-likeness (QED) is 0.757. The first-order chi connectivity index (χ1) is 7.40. The first-order valence-electron chi connectivity index (χ1n) is 5.58. The highest BCUT2D eigenvalue weighted by Crippen LogP contribution is 2.24. The smallest absolute Gasteiger partial charge is 0.160 e. The molecule has 0 bridgehead atoms. The first kappa shape index (κ1) is 10.7. The maximum absolute atomic E-state index is 5.59. The fourth-order valence-corrected chi connectivity index (χ4v) is 2.19. The third-order valence-corrected chi connectivity index (χ3v) is 2.96. The van der Waals surface area contributed by atoms with Gasteiger partial charge in [-0.3, -0.25) is 0 Å². The van der Waals surface area contributed by atoms with E-state index in [1.807, 2.05) is 0 Å². The molecule has 2 nitrogen and oxygen atoms in total. The molecule has 1 aromatic carbocycles. The standard InChI is InChI=1S/C13H18O2/c1-14-13-12(8-5-9-15-13)10-11-6-3-2-4-7-11/h2-4,6-7,12-13H,5,8-10H2,1H3. The average molecular weight is 206 g/mol. The minimum Gasteiger partial charge on any atom is -0.356 e. The molecule has 0 spiro atoms. The van der Waals surface area contributed by atoms with Crippen molar-refractivity contribution >= 4 is 0 Å². The van der Waals surface area contributed by atoms with E-state index >= 15 is 0 Å². The van der Waals surface area contributed by atoms with Crippen molar-refractivity contribution in [3.05, 3.63) is 35.9 Å². The van der Waals surface area contributed by atoms with Gasteiger partial charge in [-0.1, -0.05) is 30.3 Å². The van der Waals surface area contributed by atoms with Gasteiger partial charge < -0.3 is 9.47 Å². The molecule has 0 N–H and O–H groups in total. The van der Waals surface area contributed by atoms with Crippen molar-refractivity contribution in [2.75, 3.05) is 13.7 Å². The highest BCUT2D eigenvalue weighted by atomic mass is 16.7. The molecular formula is C13H18O2. The van der Waals surface area contributed by atoms with Crippen LogP contribution in [0.3, 0.4) is 0 Å². The molecule has 2 unspecified atom stereocenters. The van der Waals surface area contributed by atoms with Crippen LogP contribution in [0, 0.1) is 5.92 Å². The van der Waals surface area contributed by atoms with Gasteiger partial charge in [0.15, 0.2) is 6.29 Å². The second kappa shape index (κ2) is 5.29. The van der Waals surface area contributed by atoms with Crippen LogP contribution in [0.1, 0.15) is 18.4 Å². The molecule has 1 saturated heterocycles. The Bertz CT molecular complexity index is 284. The molecule has 1 heterocycles. The zero-order valence-corrected chi connectivity index (χ0v) is 9.19. The van der Waals surface area contributed by atoms with Crippen LogP contribution in [-0.4, -0.2) is 20.0 Å². The number of hydrogen-bond donors (Lipinski definition) is 0. The SMILES string of the molecule is COC1OCCCC1Cc1ccccc1. The third-order valence-electron chi connectivity index (χ3n) is 2.96. The van der Waals surface area contributed by atoms with Crippen molar-refractivity contribution in [3.63, 3.8) is 0 Å². The molecule has 0 saturated carbocycles. The second-order valence-electron chi connectivity index (χ2n) is 4.07. The molecule has 2 heteroatoms. The summed E-state index contributed by atoms with van der Waals surface area (Å²) in [6.07, 6.45) is 3.39. The van der Waals surface area contributed by atoms with E-state index in [2.05, 4.69) is 30.3 Å². The van der Waals surface area contributed by atoms with Crippen LogP contribution in [0.25, 0.3) is 0 Å². The summed E-state index contributed by atoms with van der Waals surface area (Å²) in [7, 11) is 1.73. The summed E-state index contributed by atoms with van der Waals surface area (Å²) in [5.41, 5.74) is 1.37. The van der Waals surface area contributed by atoms with Crippen molar-refractivity contribution in [2.45, 2.75) is 25.6 Å². The Morgan fingerprint density at radius 2 is 2.13 bits per heavy atom. The van der Waals surface area contributed by atoms with Gasteiger partial charge in [0.25, 0.3) is 0 Å². The molecule has 2 atom stereocenters. The van der Waals surface area contributed by atoms with Crippen LogP contribution < -0.4 is 0 Å². The van der Waals surface area contributed by atoms with E-state index in [9.17, 15) is 0 Å². The molecule has 2 rings (SSSR count). The Morgan fingerprint density at radius 1 is 1.33 bits per heavy atom. The van der Waals surface area contributed by atoms with Crippen molar-refractivity contribution < 1.29 is 9.47 Å². The average Bonchev–Trinajstić information content (AvgIpc) is 2.31. The van der Waals surface area contributed by atoms with Gasteiger partial charge in [0, 0.05) is 19.6 Å². The van der Waals surface area contributed by atoms with E-state index in [1.165, 1.54) is 12.0 Å². The Morgan fingerprint density at radius 3 is 2.87 bits per heavy atom.